The highest BCUT2D eigenvalue weighted by Crippen LogP contribution is 2.35. The third-order valence-corrected chi connectivity index (χ3v) is 5.56. The quantitative estimate of drug-likeness (QED) is 0.366. The van der Waals surface area contributed by atoms with E-state index in [1.165, 1.54) is 0 Å². The Morgan fingerprint density at radius 2 is 1.87 bits per heavy atom. The molecule has 2 aromatic heterocycles. The molecule has 1 atom stereocenters. The zero-order valence-corrected chi connectivity index (χ0v) is 16.7. The van der Waals surface area contributed by atoms with E-state index in [2.05, 4.69) is 4.98 Å². The van der Waals surface area contributed by atoms with Gasteiger partial charge >= 0.3 is 0 Å². The van der Waals surface area contributed by atoms with Gasteiger partial charge in [0.05, 0.1) is 16.8 Å². The molecule has 0 spiro atoms. The predicted octanol–water partition coefficient (Wildman–Crippen LogP) is 6.30. The fourth-order valence-corrected chi connectivity index (χ4v) is 3.82. The first-order valence-corrected chi connectivity index (χ1v) is 9.97. The van der Waals surface area contributed by atoms with Crippen molar-refractivity contribution in [2.75, 3.05) is 0 Å². The molecule has 1 N–H and O–H groups in total. The van der Waals surface area contributed by atoms with Crippen molar-refractivity contribution in [3.63, 3.8) is 0 Å². The number of benzene rings is 3. The third kappa shape index (κ3) is 3.52. The summed E-state index contributed by atoms with van der Waals surface area (Å²) in [5.41, 5.74) is 3.87. The van der Waals surface area contributed by atoms with Crippen LogP contribution in [-0.2, 0) is 6.61 Å². The van der Waals surface area contributed by atoms with E-state index < -0.39 is 6.10 Å². The van der Waals surface area contributed by atoms with E-state index in [0.29, 0.717) is 28.5 Å². The van der Waals surface area contributed by atoms with E-state index in [1.807, 2.05) is 72.8 Å². The number of nitrogens with zero attached hydrogens (tertiary/aromatic N) is 1. The molecule has 0 radical (unpaired) electrons. The fraction of sp³-hybridized carbons (Fsp3) is 0.0800. The van der Waals surface area contributed by atoms with Crippen molar-refractivity contribution in [3.05, 3.63) is 107 Å². The second kappa shape index (κ2) is 7.82. The van der Waals surface area contributed by atoms with Crippen LogP contribution in [0, 0.1) is 0 Å². The van der Waals surface area contributed by atoms with Crippen LogP contribution in [0.2, 0.25) is 5.02 Å². The largest absolute Gasteiger partial charge is 0.489 e. The van der Waals surface area contributed by atoms with Crippen LogP contribution in [0.3, 0.4) is 0 Å². The van der Waals surface area contributed by atoms with Crippen LogP contribution >= 0.6 is 11.6 Å². The van der Waals surface area contributed by atoms with Crippen LogP contribution in [0.15, 0.2) is 89.7 Å². The van der Waals surface area contributed by atoms with Crippen LogP contribution in [0.4, 0.5) is 0 Å². The Kier molecular flexibility index (Phi) is 4.87. The number of halogens is 1. The molecule has 4 nitrogen and oxygen atoms in total. The van der Waals surface area contributed by atoms with Gasteiger partial charge in [0.1, 0.15) is 24.0 Å². The Hall–Kier alpha value is -3.34. The number of hydrogen-bond acceptors (Lipinski definition) is 4. The Labute approximate surface area is 178 Å². The molecule has 5 heteroatoms. The molecule has 0 saturated heterocycles. The van der Waals surface area contributed by atoms with Gasteiger partial charge < -0.3 is 14.3 Å². The number of aliphatic hydroxyl groups excluding tert-OH is 1. The minimum Gasteiger partial charge on any atom is -0.489 e. The summed E-state index contributed by atoms with van der Waals surface area (Å²) in [6.07, 6.45) is 2.36. The van der Waals surface area contributed by atoms with Gasteiger partial charge in [0.25, 0.3) is 0 Å². The molecule has 148 valence electrons. The molecule has 0 bridgehead atoms. The van der Waals surface area contributed by atoms with Gasteiger partial charge in [-0.25, -0.2) is 0 Å². The van der Waals surface area contributed by atoms with E-state index in [-0.39, 0.29) is 0 Å². The van der Waals surface area contributed by atoms with Gasteiger partial charge in [0.15, 0.2) is 0 Å². The average molecular weight is 416 g/mol. The summed E-state index contributed by atoms with van der Waals surface area (Å²) in [7, 11) is 0. The predicted molar refractivity (Wildman–Crippen MR) is 118 cm³/mol. The summed E-state index contributed by atoms with van der Waals surface area (Å²) in [5, 5.41) is 13.1. The van der Waals surface area contributed by atoms with Gasteiger partial charge in [-0.15, -0.1) is 0 Å². The Balaban J connectivity index is 1.43. The average Bonchev–Trinajstić information content (AvgIpc) is 3.26. The summed E-state index contributed by atoms with van der Waals surface area (Å²) in [6.45, 7) is 0.480. The number of rotatable bonds is 5. The second-order valence-electron chi connectivity index (χ2n) is 7.10. The molecule has 5 aromatic rings. The Morgan fingerprint density at radius 3 is 2.73 bits per heavy atom. The van der Waals surface area contributed by atoms with Crippen molar-refractivity contribution in [1.29, 1.82) is 0 Å². The van der Waals surface area contributed by atoms with Crippen LogP contribution in [0.25, 0.3) is 21.9 Å². The van der Waals surface area contributed by atoms with Crippen molar-refractivity contribution in [2.45, 2.75) is 12.7 Å². The molecular weight excluding hydrogens is 398 g/mol. The Bertz CT molecular complexity index is 1330. The van der Waals surface area contributed by atoms with Gasteiger partial charge in [-0.1, -0.05) is 48.0 Å². The summed E-state index contributed by atoms with van der Waals surface area (Å²) in [6, 6.07) is 23.0. The number of fused-ring (bicyclic) bond motifs is 2. The number of furan rings is 1. The molecular formula is C25H18ClNO3. The Morgan fingerprint density at radius 1 is 1.00 bits per heavy atom. The first-order valence-electron chi connectivity index (χ1n) is 9.59. The first-order chi connectivity index (χ1) is 14.7. The van der Waals surface area contributed by atoms with E-state index in [4.69, 9.17) is 20.8 Å². The summed E-state index contributed by atoms with van der Waals surface area (Å²) in [5.74, 6) is 0.716. The van der Waals surface area contributed by atoms with Gasteiger partial charge in [0, 0.05) is 28.6 Å². The topological polar surface area (TPSA) is 55.5 Å². The van der Waals surface area contributed by atoms with Gasteiger partial charge in [0.2, 0.25) is 0 Å². The number of aliphatic hydroxyl groups is 1. The van der Waals surface area contributed by atoms with E-state index >= 15 is 0 Å². The van der Waals surface area contributed by atoms with Crippen LogP contribution in [0.5, 0.6) is 5.75 Å². The molecule has 0 saturated carbocycles. The minimum atomic E-state index is -0.886. The monoisotopic (exact) mass is 415 g/mol. The number of aromatic nitrogens is 1. The van der Waals surface area contributed by atoms with Crippen molar-refractivity contribution < 1.29 is 14.3 Å². The lowest BCUT2D eigenvalue weighted by atomic mass is 10.0. The number of pyridine rings is 1. The van der Waals surface area contributed by atoms with Crippen LogP contribution in [0.1, 0.15) is 22.8 Å². The SMILES string of the molecule is OC(c1ccc2occc2c1)c1cnc2cc(OCc3ccccc3)ccc2c1Cl. The summed E-state index contributed by atoms with van der Waals surface area (Å²) < 4.78 is 11.2. The molecule has 3 aromatic carbocycles. The van der Waals surface area contributed by atoms with Crippen molar-refractivity contribution in [2.24, 2.45) is 0 Å². The van der Waals surface area contributed by atoms with Crippen LogP contribution in [-0.4, -0.2) is 10.1 Å². The molecule has 5 rings (SSSR count). The zero-order valence-electron chi connectivity index (χ0n) is 16.0. The van der Waals surface area contributed by atoms with E-state index in [0.717, 1.165) is 27.5 Å². The molecule has 0 amide bonds. The number of ether oxygens (including phenoxy) is 1. The molecule has 0 aliphatic rings. The van der Waals surface area contributed by atoms with Gasteiger partial charge in [-0.2, -0.15) is 0 Å². The fourth-order valence-electron chi connectivity index (χ4n) is 3.51. The summed E-state index contributed by atoms with van der Waals surface area (Å²) >= 11 is 6.65. The zero-order chi connectivity index (χ0) is 20.5. The number of hydrogen-bond donors (Lipinski definition) is 1. The van der Waals surface area contributed by atoms with Crippen molar-refractivity contribution in [1.82, 2.24) is 4.98 Å². The first kappa shape index (κ1) is 18.7. The van der Waals surface area contributed by atoms with E-state index in [9.17, 15) is 5.11 Å². The smallest absolute Gasteiger partial charge is 0.133 e. The van der Waals surface area contributed by atoms with Gasteiger partial charge in [-0.3, -0.25) is 4.98 Å². The maximum Gasteiger partial charge on any atom is 0.133 e. The highest BCUT2D eigenvalue weighted by atomic mass is 35.5. The molecule has 2 heterocycles. The molecule has 1 unspecified atom stereocenters. The maximum atomic E-state index is 10.9. The van der Waals surface area contributed by atoms with Gasteiger partial charge in [-0.05, 0) is 41.5 Å². The van der Waals surface area contributed by atoms with E-state index in [1.54, 1.807) is 12.5 Å². The highest BCUT2D eigenvalue weighted by Gasteiger charge is 2.18. The molecule has 30 heavy (non-hydrogen) atoms. The lowest BCUT2D eigenvalue weighted by Crippen LogP contribution is -2.02. The standard InChI is InChI=1S/C25H18ClNO3/c26-24-20-8-7-19(30-15-16-4-2-1-3-5-16)13-22(20)27-14-21(24)25(28)18-6-9-23-17(12-18)10-11-29-23/h1-14,25,28H,15H2. The molecule has 0 aliphatic carbocycles. The second-order valence-corrected chi connectivity index (χ2v) is 7.48. The summed E-state index contributed by atoms with van der Waals surface area (Å²) in [4.78, 5) is 4.51. The maximum absolute atomic E-state index is 10.9. The molecule has 0 fully saturated rings. The minimum absolute atomic E-state index is 0.480. The normalized spacial score (nSPS) is 12.3. The lowest BCUT2D eigenvalue weighted by molar-refractivity contribution is 0.220. The molecule has 0 aliphatic heterocycles. The highest BCUT2D eigenvalue weighted by molar-refractivity contribution is 6.36. The van der Waals surface area contributed by atoms with Crippen molar-refractivity contribution >= 4 is 33.5 Å². The third-order valence-electron chi connectivity index (χ3n) is 5.14. The van der Waals surface area contributed by atoms with Crippen LogP contribution < -0.4 is 4.74 Å². The lowest BCUT2D eigenvalue weighted by Gasteiger charge is -2.15. The van der Waals surface area contributed by atoms with Crippen molar-refractivity contribution in [3.8, 4) is 5.75 Å².